The summed E-state index contributed by atoms with van der Waals surface area (Å²) >= 11 is 0. The van der Waals surface area contributed by atoms with E-state index < -0.39 is 0 Å². The van der Waals surface area contributed by atoms with Gasteiger partial charge in [0, 0.05) is 38.9 Å². The van der Waals surface area contributed by atoms with E-state index in [1.807, 2.05) is 10.6 Å². The summed E-state index contributed by atoms with van der Waals surface area (Å²) in [7, 11) is 1.78. The van der Waals surface area contributed by atoms with Crippen LogP contribution >= 0.6 is 0 Å². The normalized spacial score (nSPS) is 11.4. The molecule has 0 bridgehead atoms. The van der Waals surface area contributed by atoms with Crippen molar-refractivity contribution < 1.29 is 0 Å². The molecule has 0 saturated heterocycles. The van der Waals surface area contributed by atoms with E-state index in [4.69, 9.17) is 0 Å². The van der Waals surface area contributed by atoms with Gasteiger partial charge in [-0.05, 0) is 32.4 Å². The summed E-state index contributed by atoms with van der Waals surface area (Å²) in [5, 5.41) is 14.7. The topological polar surface area (TPSA) is 70.4 Å². The average Bonchev–Trinajstić information content (AvgIpc) is 3.12. The zero-order valence-electron chi connectivity index (χ0n) is 15.4. The molecule has 0 radical (unpaired) electrons. The van der Waals surface area contributed by atoms with Gasteiger partial charge in [-0.1, -0.05) is 18.2 Å². The summed E-state index contributed by atoms with van der Waals surface area (Å²) in [5.74, 6) is 1.69. The Kier molecular flexibility index (Phi) is 7.75. The molecule has 1 aromatic carbocycles. The highest BCUT2D eigenvalue weighted by Gasteiger charge is 2.05. The molecule has 0 amide bonds. The first-order valence-electron chi connectivity index (χ1n) is 8.89. The number of para-hydroxylation sites is 1. The standard InChI is InChI=1S/C18H29N7/c1-4-24(16-10-7-6-8-11-16)13-9-12-20-18(19-3)21-14-17-23-22-15-25(17)5-2/h6-8,10-11,15H,4-5,9,12-14H2,1-3H3,(H2,19,20,21). The summed E-state index contributed by atoms with van der Waals surface area (Å²) in [6.45, 7) is 8.61. The predicted octanol–water partition coefficient (Wildman–Crippen LogP) is 1.88. The van der Waals surface area contributed by atoms with E-state index in [0.717, 1.165) is 44.4 Å². The maximum absolute atomic E-state index is 4.26. The molecular weight excluding hydrogens is 314 g/mol. The highest BCUT2D eigenvalue weighted by atomic mass is 15.3. The third kappa shape index (κ3) is 5.77. The molecule has 0 aliphatic rings. The summed E-state index contributed by atoms with van der Waals surface area (Å²) < 4.78 is 2.01. The summed E-state index contributed by atoms with van der Waals surface area (Å²) in [6, 6.07) is 10.5. The van der Waals surface area contributed by atoms with E-state index in [1.165, 1.54) is 5.69 Å². The van der Waals surface area contributed by atoms with Crippen molar-refractivity contribution in [2.45, 2.75) is 33.4 Å². The maximum atomic E-state index is 4.26. The number of aromatic nitrogens is 3. The Balaban J connectivity index is 1.72. The molecule has 0 fully saturated rings. The third-order valence-electron chi connectivity index (χ3n) is 4.07. The average molecular weight is 343 g/mol. The zero-order chi connectivity index (χ0) is 17.9. The highest BCUT2D eigenvalue weighted by Crippen LogP contribution is 2.12. The van der Waals surface area contributed by atoms with Gasteiger partial charge in [0.1, 0.15) is 6.33 Å². The van der Waals surface area contributed by atoms with Crippen LogP contribution in [0.5, 0.6) is 0 Å². The molecule has 2 aromatic rings. The first-order valence-corrected chi connectivity index (χ1v) is 8.89. The van der Waals surface area contributed by atoms with Gasteiger partial charge in [-0.3, -0.25) is 4.99 Å². The highest BCUT2D eigenvalue weighted by molar-refractivity contribution is 5.79. The van der Waals surface area contributed by atoms with E-state index in [2.05, 4.69) is 68.8 Å². The Labute approximate surface area is 150 Å². The van der Waals surface area contributed by atoms with Crippen LogP contribution < -0.4 is 15.5 Å². The van der Waals surface area contributed by atoms with Crippen molar-refractivity contribution in [3.8, 4) is 0 Å². The van der Waals surface area contributed by atoms with E-state index in [0.29, 0.717) is 6.54 Å². The van der Waals surface area contributed by atoms with Crippen molar-refractivity contribution in [2.75, 3.05) is 31.6 Å². The van der Waals surface area contributed by atoms with Gasteiger partial charge in [0.25, 0.3) is 0 Å². The van der Waals surface area contributed by atoms with E-state index in [-0.39, 0.29) is 0 Å². The minimum absolute atomic E-state index is 0.610. The molecule has 0 unspecified atom stereocenters. The number of aliphatic imine (C=N–C) groups is 1. The molecule has 136 valence electrons. The third-order valence-corrected chi connectivity index (χ3v) is 4.07. The lowest BCUT2D eigenvalue weighted by Gasteiger charge is -2.23. The van der Waals surface area contributed by atoms with Gasteiger partial charge in [-0.15, -0.1) is 10.2 Å². The first-order chi connectivity index (χ1) is 12.3. The molecule has 0 saturated carbocycles. The largest absolute Gasteiger partial charge is 0.372 e. The summed E-state index contributed by atoms with van der Waals surface area (Å²) in [6.07, 6.45) is 2.78. The Bertz CT molecular complexity index is 636. The second kappa shape index (κ2) is 10.3. The first kappa shape index (κ1) is 18.8. The fourth-order valence-electron chi connectivity index (χ4n) is 2.65. The molecule has 0 aliphatic carbocycles. The fourth-order valence-corrected chi connectivity index (χ4v) is 2.65. The number of hydrogen-bond acceptors (Lipinski definition) is 4. The smallest absolute Gasteiger partial charge is 0.191 e. The zero-order valence-corrected chi connectivity index (χ0v) is 15.4. The molecule has 2 N–H and O–H groups in total. The lowest BCUT2D eigenvalue weighted by atomic mass is 10.2. The van der Waals surface area contributed by atoms with Crippen LogP contribution in [0.2, 0.25) is 0 Å². The number of hydrogen-bond donors (Lipinski definition) is 2. The van der Waals surface area contributed by atoms with Gasteiger partial charge in [-0.25, -0.2) is 0 Å². The number of nitrogens with one attached hydrogen (secondary N) is 2. The van der Waals surface area contributed by atoms with Crippen LogP contribution in [-0.2, 0) is 13.1 Å². The van der Waals surface area contributed by atoms with Crippen LogP contribution in [0, 0.1) is 0 Å². The van der Waals surface area contributed by atoms with Crippen molar-refractivity contribution in [1.82, 2.24) is 25.4 Å². The number of nitrogens with zero attached hydrogens (tertiary/aromatic N) is 5. The Hall–Kier alpha value is -2.57. The Morgan fingerprint density at radius 2 is 2.00 bits per heavy atom. The molecule has 2 rings (SSSR count). The van der Waals surface area contributed by atoms with E-state index >= 15 is 0 Å². The predicted molar refractivity (Wildman–Crippen MR) is 103 cm³/mol. The number of rotatable bonds is 9. The molecule has 7 heteroatoms. The SMILES string of the molecule is CCN(CCCNC(=NC)NCc1nncn1CC)c1ccccc1. The van der Waals surface area contributed by atoms with Crippen molar-refractivity contribution in [3.63, 3.8) is 0 Å². The van der Waals surface area contributed by atoms with Crippen molar-refractivity contribution in [1.29, 1.82) is 0 Å². The lowest BCUT2D eigenvalue weighted by molar-refractivity contribution is 0.663. The molecule has 7 nitrogen and oxygen atoms in total. The van der Waals surface area contributed by atoms with Gasteiger partial charge in [-0.2, -0.15) is 0 Å². The monoisotopic (exact) mass is 343 g/mol. The molecule has 1 heterocycles. The van der Waals surface area contributed by atoms with Crippen LogP contribution in [0.4, 0.5) is 5.69 Å². The van der Waals surface area contributed by atoms with Crippen molar-refractivity contribution in [2.24, 2.45) is 4.99 Å². The number of benzene rings is 1. The lowest BCUT2D eigenvalue weighted by Crippen LogP contribution is -2.39. The molecule has 1 aromatic heterocycles. The summed E-state index contributed by atoms with van der Waals surface area (Å²) in [5.41, 5.74) is 1.27. The molecular formula is C18H29N7. The molecule has 0 aliphatic heterocycles. The number of guanidine groups is 1. The summed E-state index contributed by atoms with van der Waals surface area (Å²) in [4.78, 5) is 6.64. The van der Waals surface area contributed by atoms with Crippen LogP contribution in [0.25, 0.3) is 0 Å². The maximum Gasteiger partial charge on any atom is 0.191 e. The Morgan fingerprint density at radius 3 is 2.68 bits per heavy atom. The van der Waals surface area contributed by atoms with Crippen LogP contribution in [-0.4, -0.2) is 47.4 Å². The minimum atomic E-state index is 0.610. The van der Waals surface area contributed by atoms with Gasteiger partial charge in [0.15, 0.2) is 11.8 Å². The second-order valence-corrected chi connectivity index (χ2v) is 5.65. The van der Waals surface area contributed by atoms with Crippen LogP contribution in [0.15, 0.2) is 41.7 Å². The number of aryl methyl sites for hydroxylation is 1. The van der Waals surface area contributed by atoms with Crippen LogP contribution in [0.1, 0.15) is 26.1 Å². The van der Waals surface area contributed by atoms with Crippen molar-refractivity contribution >= 4 is 11.6 Å². The second-order valence-electron chi connectivity index (χ2n) is 5.65. The number of anilines is 1. The van der Waals surface area contributed by atoms with Gasteiger partial charge < -0.3 is 20.1 Å². The van der Waals surface area contributed by atoms with Gasteiger partial charge in [0.05, 0.1) is 6.54 Å². The van der Waals surface area contributed by atoms with Crippen molar-refractivity contribution in [3.05, 3.63) is 42.5 Å². The van der Waals surface area contributed by atoms with Gasteiger partial charge >= 0.3 is 0 Å². The van der Waals surface area contributed by atoms with Crippen LogP contribution in [0.3, 0.4) is 0 Å². The quantitative estimate of drug-likeness (QED) is 0.413. The fraction of sp³-hybridized carbons (Fsp3) is 0.500. The van der Waals surface area contributed by atoms with E-state index in [1.54, 1.807) is 13.4 Å². The Morgan fingerprint density at radius 1 is 1.20 bits per heavy atom. The molecule has 0 atom stereocenters. The van der Waals surface area contributed by atoms with E-state index in [9.17, 15) is 0 Å². The molecule has 0 spiro atoms. The minimum Gasteiger partial charge on any atom is -0.372 e. The van der Waals surface area contributed by atoms with Gasteiger partial charge in [0.2, 0.25) is 0 Å². The molecule has 25 heavy (non-hydrogen) atoms.